The number of Topliss-reactive ketones (excluding diaryl/α,β-unsaturated/α-hetero) is 4. The van der Waals surface area contributed by atoms with Crippen LogP contribution in [-0.4, -0.2) is 252 Å². The molecule has 566 valence electrons. The van der Waals surface area contributed by atoms with Crippen molar-refractivity contribution in [3.63, 3.8) is 0 Å². The lowest BCUT2D eigenvalue weighted by Crippen LogP contribution is -2.58. The molecule has 0 aromatic carbocycles. The first-order valence-electron chi connectivity index (χ1n) is 34.9. The Balaban J connectivity index is 1.27. The van der Waals surface area contributed by atoms with E-state index in [1.165, 1.54) is 24.7 Å². The molecular weight excluding hydrogens is 1340 g/mol. The van der Waals surface area contributed by atoms with Crippen LogP contribution in [0.4, 0.5) is 5.82 Å². The minimum absolute atomic E-state index is 0.000338. The molecule has 3 unspecified atom stereocenters. The van der Waals surface area contributed by atoms with Gasteiger partial charge in [-0.05, 0) is 96.7 Å². The maximum absolute atomic E-state index is 13.9. The number of nitrogens with one attached hydrogen (secondary N) is 4. The number of aliphatic hydroxyl groups is 3. The van der Waals surface area contributed by atoms with Gasteiger partial charge in [0.1, 0.15) is 65.5 Å². The molecule has 0 radical (unpaired) electrons. The smallest absolute Gasteiger partial charge is 0.353 e. The molecule has 0 aliphatic carbocycles. The van der Waals surface area contributed by atoms with E-state index >= 15 is 0 Å². The molecule has 0 bridgehead atoms. The maximum Gasteiger partial charge on any atom is 0.353 e. The number of unbranched alkanes of at least 4 members (excludes halogenated alkanes) is 9. The molecular formula is C64H113N11O22P2. The first-order valence-corrected chi connectivity index (χ1v) is 38.4. The number of nitrogen functional groups attached to an aromatic ring is 1. The number of ether oxygens (including phenoxy) is 6. The summed E-state index contributed by atoms with van der Waals surface area (Å²) in [5, 5.41) is 40.6. The van der Waals surface area contributed by atoms with Crippen molar-refractivity contribution in [2.45, 2.75) is 203 Å². The van der Waals surface area contributed by atoms with Crippen molar-refractivity contribution in [2.75, 3.05) is 137 Å². The molecule has 33 nitrogen and oxygen atoms in total. The number of rotatable bonds is 62. The average molecular weight is 1450 g/mol. The van der Waals surface area contributed by atoms with Crippen molar-refractivity contribution in [3.05, 3.63) is 12.7 Å². The van der Waals surface area contributed by atoms with Crippen molar-refractivity contribution in [1.29, 1.82) is 0 Å². The number of aliphatic hydroxyl groups excluding tert-OH is 3. The number of ketones is 4. The van der Waals surface area contributed by atoms with Gasteiger partial charge < -0.3 is 100 Å². The van der Waals surface area contributed by atoms with Gasteiger partial charge >= 0.3 is 15.2 Å². The lowest BCUT2D eigenvalue weighted by atomic mass is 10.0. The van der Waals surface area contributed by atoms with Gasteiger partial charge in [-0.2, -0.15) is 0 Å². The van der Waals surface area contributed by atoms with E-state index in [1.54, 1.807) is 4.57 Å². The highest BCUT2D eigenvalue weighted by Gasteiger charge is 2.42. The van der Waals surface area contributed by atoms with Crippen LogP contribution in [0.25, 0.3) is 11.2 Å². The van der Waals surface area contributed by atoms with E-state index in [2.05, 4.69) is 36.2 Å². The van der Waals surface area contributed by atoms with Gasteiger partial charge in [-0.25, -0.2) is 15.0 Å². The third-order valence-corrected chi connectivity index (χ3v) is 18.7. The van der Waals surface area contributed by atoms with Gasteiger partial charge in [0, 0.05) is 97.6 Å². The summed E-state index contributed by atoms with van der Waals surface area (Å²) in [6, 6.07) is -0.708. The third-order valence-electron chi connectivity index (χ3n) is 16.5. The zero-order chi connectivity index (χ0) is 72.2. The summed E-state index contributed by atoms with van der Waals surface area (Å²) in [4.78, 5) is 125. The lowest BCUT2D eigenvalue weighted by molar-refractivity contribution is -0.133. The highest BCUT2D eigenvalue weighted by atomic mass is 31.2. The van der Waals surface area contributed by atoms with Crippen molar-refractivity contribution < 1.29 is 105 Å². The normalized spacial score (nSPS) is 18.9. The summed E-state index contributed by atoms with van der Waals surface area (Å²) in [6.07, 6.45) is 9.28. The fourth-order valence-corrected chi connectivity index (χ4v) is 12.8. The summed E-state index contributed by atoms with van der Waals surface area (Å²) in [6.45, 7) is 1.35. The van der Waals surface area contributed by atoms with Crippen LogP contribution in [0.5, 0.6) is 0 Å². The van der Waals surface area contributed by atoms with E-state index in [-0.39, 0.29) is 171 Å². The first-order chi connectivity index (χ1) is 47.6. The molecule has 3 amide bonds. The number of carbonyl (C=O) groups is 7. The van der Waals surface area contributed by atoms with Crippen LogP contribution in [0.1, 0.15) is 173 Å². The topological polar surface area (TPSA) is 476 Å². The van der Waals surface area contributed by atoms with Gasteiger partial charge in [0.25, 0.3) is 0 Å². The van der Waals surface area contributed by atoms with Crippen LogP contribution in [0, 0.1) is 0 Å². The highest BCUT2D eigenvalue weighted by Crippen LogP contribution is 2.46. The Bertz CT molecular complexity index is 2740. The number of hydrogen-bond acceptors (Lipinski definition) is 27. The van der Waals surface area contributed by atoms with Gasteiger partial charge in [-0.1, -0.05) is 25.7 Å². The van der Waals surface area contributed by atoms with Crippen LogP contribution in [0.15, 0.2) is 12.7 Å². The van der Waals surface area contributed by atoms with Crippen molar-refractivity contribution in [2.24, 2.45) is 5.73 Å². The predicted octanol–water partition coefficient (Wildman–Crippen LogP) is 2.79. The molecule has 99 heavy (non-hydrogen) atoms. The molecule has 2 saturated heterocycles. The van der Waals surface area contributed by atoms with Crippen molar-refractivity contribution in [1.82, 2.24) is 45.7 Å². The number of nitrogens with zero attached hydrogens (tertiary/aromatic N) is 5. The van der Waals surface area contributed by atoms with Crippen LogP contribution in [0.3, 0.4) is 0 Å². The largest absolute Gasteiger partial charge is 0.396 e. The van der Waals surface area contributed by atoms with Gasteiger partial charge in [-0.3, -0.25) is 47.3 Å². The zero-order valence-corrected chi connectivity index (χ0v) is 59.6. The number of aromatic nitrogens is 4. The van der Waals surface area contributed by atoms with Crippen LogP contribution in [-0.2, 0) is 80.2 Å². The summed E-state index contributed by atoms with van der Waals surface area (Å²) in [5.41, 5.74) is 10.9. The van der Waals surface area contributed by atoms with E-state index in [1.807, 2.05) is 0 Å². The number of likely N-dealkylation sites (tertiary alicyclic amines) is 1. The SMILES string of the molecule is COCP(=O)(O)OC[C@H]1O[C@@H](n2cnc3c(N)ncnc32)C[C@@H]1OCP(=O)(O)OC[C@@H]1C[C@@H](O)CN1C(=O)CCCCCCCCC(=O)NC(COCCC(=O)CCCCN)(COCCC(=O)CCCCNCC(=O)CCCCO)COCCC(=O)NCCCNCC(=O)CCCCO. The molecule has 2 aromatic heterocycles. The zero-order valence-electron chi connectivity index (χ0n) is 57.8. The van der Waals surface area contributed by atoms with Crippen LogP contribution in [0.2, 0.25) is 0 Å². The molecule has 2 aliphatic heterocycles. The molecule has 0 saturated carbocycles. The van der Waals surface area contributed by atoms with Crippen molar-refractivity contribution in [3.8, 4) is 0 Å². The molecule has 2 aliphatic rings. The summed E-state index contributed by atoms with van der Waals surface area (Å²) < 4.78 is 73.3. The Hall–Kier alpha value is -4.74. The van der Waals surface area contributed by atoms with Gasteiger partial charge in [-0.15, -0.1) is 0 Å². The molecule has 8 atom stereocenters. The standard InChI is InChI=1S/C64H113N11O22P2/c1-90-47-98(86,87)96-41-56-55(36-60(97-56)75-46-72-61-62(66)70-45-71-63(61)75)94-48-99(88,89)95-40-49-35-54(82)39-74(49)59(85)22-7-5-3-2-4-6-21-58(84)73-64(42-91-32-23-50(78)17-8-12-26-65,43-92-33-24-51(79)18-9-13-27-67-37-52(80)19-10-14-30-76)44-93-34-25-57(83)69-29-16-28-68-38-53(81)20-11-15-31-77/h45-46,49,54-56,60,67-68,76-77,82H,2-44,47-48,65H2,1H3,(H,69,83)(H,73,84)(H,86,87)(H,88,89)(H2,66,70,71)/t49-,54+,55-,56+,60+,64?/m0/s1. The molecule has 4 rings (SSSR count). The summed E-state index contributed by atoms with van der Waals surface area (Å²) in [7, 11) is -7.48. The second-order valence-electron chi connectivity index (χ2n) is 25.3. The lowest BCUT2D eigenvalue weighted by Gasteiger charge is -2.34. The average Bonchev–Trinajstić information content (AvgIpc) is 1.64. The number of imidazole rings is 1. The second kappa shape index (κ2) is 49.8. The highest BCUT2D eigenvalue weighted by molar-refractivity contribution is 7.52. The summed E-state index contributed by atoms with van der Waals surface area (Å²) in [5.74, 6) is -0.621. The van der Waals surface area contributed by atoms with E-state index < -0.39 is 70.6 Å². The van der Waals surface area contributed by atoms with E-state index in [9.17, 15) is 57.6 Å². The quantitative estimate of drug-likeness (QED) is 0.0335. The number of hydrogen-bond donors (Lipinski definition) is 11. The Kier molecular flexibility index (Phi) is 43.6. The molecule has 13 N–H and O–H groups in total. The number of amides is 3. The molecule has 2 fully saturated rings. The Morgan fingerprint density at radius 1 is 0.636 bits per heavy atom. The molecule has 35 heteroatoms. The van der Waals surface area contributed by atoms with Gasteiger partial charge in [0.05, 0.1) is 90.5 Å². The monoisotopic (exact) mass is 1450 g/mol. The third kappa shape index (κ3) is 36.8. The number of anilines is 1. The number of carbonyl (C=O) groups excluding carboxylic acids is 7. The van der Waals surface area contributed by atoms with E-state index in [0.717, 1.165) is 12.8 Å². The van der Waals surface area contributed by atoms with Crippen LogP contribution < -0.4 is 32.7 Å². The fourth-order valence-electron chi connectivity index (χ4n) is 11.1. The van der Waals surface area contributed by atoms with Gasteiger partial charge in [0.2, 0.25) is 17.7 Å². The van der Waals surface area contributed by atoms with E-state index in [4.69, 9.17) is 59.1 Å². The molecule has 2 aromatic rings. The number of β-amino-alcohol motifs (C(OH)–C–C–N with tert-alkyl or cyclic N) is 1. The van der Waals surface area contributed by atoms with Crippen LogP contribution >= 0.6 is 15.2 Å². The fraction of sp³-hybridized carbons (Fsp3) is 0.812. The minimum atomic E-state index is -4.51. The number of fused-ring (bicyclic) bond motifs is 1. The summed E-state index contributed by atoms with van der Waals surface area (Å²) >= 11 is 0. The Labute approximate surface area is 580 Å². The Morgan fingerprint density at radius 2 is 1.19 bits per heavy atom. The van der Waals surface area contributed by atoms with E-state index in [0.29, 0.717) is 146 Å². The van der Waals surface area contributed by atoms with Crippen molar-refractivity contribution >= 4 is 73.0 Å². The molecule has 0 spiro atoms. The first kappa shape index (κ1) is 86.7. The predicted molar refractivity (Wildman–Crippen MR) is 364 cm³/mol. The van der Waals surface area contributed by atoms with Gasteiger partial charge in [0.15, 0.2) is 11.5 Å². The Morgan fingerprint density at radius 3 is 1.82 bits per heavy atom. The number of methoxy groups -OCH3 is 1. The minimum Gasteiger partial charge on any atom is -0.396 e. The second-order valence-corrected chi connectivity index (χ2v) is 28.9. The maximum atomic E-state index is 13.9. The number of nitrogens with two attached hydrogens (primary N) is 2. The molecule has 4 heterocycles.